The molecule has 1 aliphatic carbocycles. The van der Waals surface area contributed by atoms with Crippen LogP contribution < -0.4 is 16.7 Å². The van der Waals surface area contributed by atoms with E-state index in [0.29, 0.717) is 0 Å². The van der Waals surface area contributed by atoms with E-state index in [0.717, 1.165) is 6.42 Å². The van der Waals surface area contributed by atoms with Crippen molar-refractivity contribution >= 4 is 17.9 Å². The molecule has 1 heterocycles. The molecule has 0 saturated heterocycles. The Bertz CT molecular complexity index is 691. The van der Waals surface area contributed by atoms with Gasteiger partial charge < -0.3 is 10.7 Å². The van der Waals surface area contributed by atoms with E-state index in [9.17, 15) is 9.59 Å². The van der Waals surface area contributed by atoms with Gasteiger partial charge in [0.1, 0.15) is 5.82 Å². The monoisotopic (exact) mass is 270 g/mol. The first-order valence-corrected chi connectivity index (χ1v) is 6.02. The highest BCUT2D eigenvalue weighted by Crippen LogP contribution is 2.17. The van der Waals surface area contributed by atoms with Crippen LogP contribution in [0.1, 0.15) is 11.1 Å². The summed E-state index contributed by atoms with van der Waals surface area (Å²) in [6, 6.07) is 9.17. The van der Waals surface area contributed by atoms with Gasteiger partial charge in [0.15, 0.2) is 0 Å². The lowest BCUT2D eigenvalue weighted by Gasteiger charge is -1.96. The number of carbonyl (C=O) groups is 1. The summed E-state index contributed by atoms with van der Waals surface area (Å²) >= 11 is 0. The Balaban J connectivity index is 0.000000149. The molecule has 6 heteroatoms. The number of primary amides is 1. The van der Waals surface area contributed by atoms with Crippen molar-refractivity contribution in [3.8, 4) is 0 Å². The number of aromatic nitrogens is 2. The average molecular weight is 270 g/mol. The topological polar surface area (TPSA) is 101 Å². The van der Waals surface area contributed by atoms with Gasteiger partial charge in [-0.1, -0.05) is 36.4 Å². The Morgan fingerprint density at radius 1 is 1.30 bits per heavy atom. The zero-order valence-electron chi connectivity index (χ0n) is 10.7. The number of aromatic amines is 1. The number of urea groups is 1. The lowest BCUT2D eigenvalue weighted by atomic mass is 10.1. The number of amides is 2. The molecular weight excluding hydrogens is 256 g/mol. The van der Waals surface area contributed by atoms with E-state index in [1.807, 2.05) is 0 Å². The first-order chi connectivity index (χ1) is 9.65. The number of nitrogens with zero attached hydrogens (tertiary/aromatic N) is 1. The summed E-state index contributed by atoms with van der Waals surface area (Å²) in [5.74, 6) is 0.140. The third-order valence-corrected chi connectivity index (χ3v) is 2.61. The van der Waals surface area contributed by atoms with Crippen LogP contribution in [0.3, 0.4) is 0 Å². The van der Waals surface area contributed by atoms with Crippen molar-refractivity contribution in [1.29, 1.82) is 0 Å². The molecule has 1 aliphatic rings. The molecule has 1 aromatic carbocycles. The predicted molar refractivity (Wildman–Crippen MR) is 77.2 cm³/mol. The van der Waals surface area contributed by atoms with Crippen molar-refractivity contribution in [2.45, 2.75) is 6.42 Å². The number of carbonyl (C=O) groups excluding carboxylic acids is 1. The largest absolute Gasteiger partial charge is 0.351 e. The van der Waals surface area contributed by atoms with Crippen LogP contribution in [-0.2, 0) is 6.42 Å². The summed E-state index contributed by atoms with van der Waals surface area (Å²) in [5.41, 5.74) is 7.08. The Morgan fingerprint density at radius 3 is 2.80 bits per heavy atom. The number of benzene rings is 1. The third kappa shape index (κ3) is 3.81. The molecule has 0 atom stereocenters. The zero-order chi connectivity index (χ0) is 14.4. The lowest BCUT2D eigenvalue weighted by Crippen LogP contribution is -2.22. The maximum absolute atomic E-state index is 10.5. The number of H-pyrrole nitrogens is 1. The molecule has 3 rings (SSSR count). The first-order valence-electron chi connectivity index (χ1n) is 6.02. The van der Waals surface area contributed by atoms with Crippen molar-refractivity contribution in [1.82, 2.24) is 9.97 Å². The van der Waals surface area contributed by atoms with Gasteiger partial charge in [0, 0.05) is 6.20 Å². The molecule has 0 saturated carbocycles. The van der Waals surface area contributed by atoms with Crippen LogP contribution in [0.4, 0.5) is 10.6 Å². The van der Waals surface area contributed by atoms with Gasteiger partial charge in [0.2, 0.25) is 0 Å². The highest BCUT2D eigenvalue weighted by atomic mass is 16.2. The number of allylic oxidation sites excluding steroid dienone is 1. The molecule has 2 aromatic rings. The number of hydrogen-bond donors (Lipinski definition) is 3. The van der Waals surface area contributed by atoms with E-state index >= 15 is 0 Å². The molecule has 0 bridgehead atoms. The molecule has 6 nitrogen and oxygen atoms in total. The second-order valence-electron chi connectivity index (χ2n) is 4.07. The number of nitrogens with one attached hydrogen (secondary N) is 2. The van der Waals surface area contributed by atoms with Crippen LogP contribution in [0.15, 0.2) is 47.4 Å². The van der Waals surface area contributed by atoms with Crippen molar-refractivity contribution in [3.05, 3.63) is 64.2 Å². The Hall–Kier alpha value is -2.89. The minimum Gasteiger partial charge on any atom is -0.351 e. The quantitative estimate of drug-likeness (QED) is 0.732. The maximum Gasteiger partial charge on any atom is 0.346 e. The van der Waals surface area contributed by atoms with Gasteiger partial charge in [-0.2, -0.15) is 4.98 Å². The minimum atomic E-state index is -0.747. The molecule has 0 fully saturated rings. The van der Waals surface area contributed by atoms with Crippen molar-refractivity contribution in [2.75, 3.05) is 5.32 Å². The first kappa shape index (κ1) is 13.5. The normalized spacial score (nSPS) is 11.2. The van der Waals surface area contributed by atoms with Crippen LogP contribution in [0.5, 0.6) is 0 Å². The highest BCUT2D eigenvalue weighted by molar-refractivity contribution is 5.86. The van der Waals surface area contributed by atoms with Crippen LogP contribution in [0.2, 0.25) is 0 Å². The SMILES string of the molecule is C1=Cc2ccccc2C1.NC(=O)Nc1cc[nH]c(=O)n1. The molecular formula is C14H14N4O2. The number of nitrogens with two attached hydrogens (primary N) is 1. The lowest BCUT2D eigenvalue weighted by molar-refractivity contribution is 0.259. The van der Waals surface area contributed by atoms with Crippen LogP contribution in [0.25, 0.3) is 6.08 Å². The van der Waals surface area contributed by atoms with Crippen LogP contribution in [0, 0.1) is 0 Å². The number of rotatable bonds is 1. The summed E-state index contributed by atoms with van der Waals surface area (Å²) in [5, 5.41) is 2.15. The van der Waals surface area contributed by atoms with Crippen molar-refractivity contribution < 1.29 is 4.79 Å². The summed E-state index contributed by atoms with van der Waals surface area (Å²) in [6.45, 7) is 0. The molecule has 4 N–H and O–H groups in total. The zero-order valence-corrected chi connectivity index (χ0v) is 10.7. The number of fused-ring (bicyclic) bond motifs is 1. The third-order valence-electron chi connectivity index (χ3n) is 2.61. The van der Waals surface area contributed by atoms with Crippen molar-refractivity contribution in [2.24, 2.45) is 5.73 Å². The number of anilines is 1. The molecule has 0 radical (unpaired) electrons. The second kappa shape index (κ2) is 6.33. The second-order valence-corrected chi connectivity index (χ2v) is 4.07. The molecule has 0 spiro atoms. The summed E-state index contributed by atoms with van der Waals surface area (Å²) in [7, 11) is 0. The van der Waals surface area contributed by atoms with Gasteiger partial charge in [0.05, 0.1) is 0 Å². The smallest absolute Gasteiger partial charge is 0.346 e. The molecule has 20 heavy (non-hydrogen) atoms. The fourth-order valence-corrected chi connectivity index (χ4v) is 1.76. The van der Waals surface area contributed by atoms with Gasteiger partial charge in [-0.15, -0.1) is 0 Å². The number of hydrogen-bond acceptors (Lipinski definition) is 3. The van der Waals surface area contributed by atoms with Gasteiger partial charge in [-0.05, 0) is 23.6 Å². The molecule has 102 valence electrons. The van der Waals surface area contributed by atoms with E-state index < -0.39 is 11.7 Å². The Morgan fingerprint density at radius 2 is 2.10 bits per heavy atom. The Labute approximate surface area is 115 Å². The summed E-state index contributed by atoms with van der Waals surface area (Å²) in [6.07, 6.45) is 6.86. The molecule has 2 amide bonds. The maximum atomic E-state index is 10.5. The van der Waals surface area contributed by atoms with E-state index in [1.165, 1.54) is 23.4 Å². The van der Waals surface area contributed by atoms with Gasteiger partial charge in [0.25, 0.3) is 0 Å². The Kier molecular flexibility index (Phi) is 4.28. The predicted octanol–water partition coefficient (Wildman–Crippen LogP) is 1.52. The van der Waals surface area contributed by atoms with E-state index in [4.69, 9.17) is 5.73 Å². The van der Waals surface area contributed by atoms with Crippen LogP contribution >= 0.6 is 0 Å². The average Bonchev–Trinajstić information content (AvgIpc) is 2.87. The molecule has 1 aromatic heterocycles. The standard InChI is InChI=1S/C9H8.C5H6N4O2/c1-2-5-9-7-3-6-8(9)4-1;6-4(10)8-3-1-2-7-5(11)9-3/h1-6H,7H2;1-2H,(H4,6,7,8,9,10,11). The fourth-order valence-electron chi connectivity index (χ4n) is 1.76. The van der Waals surface area contributed by atoms with Gasteiger partial charge in [-0.3, -0.25) is 5.32 Å². The molecule has 0 aliphatic heterocycles. The van der Waals surface area contributed by atoms with E-state index in [1.54, 1.807) is 0 Å². The summed E-state index contributed by atoms with van der Waals surface area (Å²) < 4.78 is 0. The highest BCUT2D eigenvalue weighted by Gasteiger charge is 2.00. The molecule has 0 unspecified atom stereocenters. The summed E-state index contributed by atoms with van der Waals surface area (Å²) in [4.78, 5) is 26.4. The fraction of sp³-hybridized carbons (Fsp3) is 0.0714. The van der Waals surface area contributed by atoms with Gasteiger partial charge in [-0.25, -0.2) is 9.59 Å². The van der Waals surface area contributed by atoms with Gasteiger partial charge >= 0.3 is 11.7 Å². The van der Waals surface area contributed by atoms with E-state index in [2.05, 4.69) is 51.7 Å². The van der Waals surface area contributed by atoms with Crippen LogP contribution in [-0.4, -0.2) is 16.0 Å². The van der Waals surface area contributed by atoms with E-state index in [-0.39, 0.29) is 5.82 Å². The minimum absolute atomic E-state index is 0.140. The van der Waals surface area contributed by atoms with Crippen molar-refractivity contribution in [3.63, 3.8) is 0 Å².